The monoisotopic (exact) mass is 600 g/mol. The van der Waals surface area contributed by atoms with E-state index in [4.69, 9.17) is 0 Å². The van der Waals surface area contributed by atoms with Crippen LogP contribution in [0.1, 0.15) is 79.1 Å². The van der Waals surface area contributed by atoms with E-state index in [0.29, 0.717) is 0 Å². The summed E-state index contributed by atoms with van der Waals surface area (Å²) in [7, 11) is -1.26. The van der Waals surface area contributed by atoms with Crippen molar-refractivity contribution in [3.63, 3.8) is 0 Å². The fourth-order valence-corrected chi connectivity index (χ4v) is 16.3. The predicted octanol–water partition coefficient (Wildman–Crippen LogP) is 9.42. The Kier molecular flexibility index (Phi) is 13.9. The Morgan fingerprint density at radius 3 is 1.03 bits per heavy atom. The molecule has 30 heavy (non-hydrogen) atoms. The molecule has 4 aliphatic rings. The molecule has 0 aromatic carbocycles. The van der Waals surface area contributed by atoms with E-state index in [2.05, 4.69) is 40.8 Å². The van der Waals surface area contributed by atoms with Gasteiger partial charge in [0, 0.05) is 0 Å². The van der Waals surface area contributed by atoms with Gasteiger partial charge in [0.1, 0.15) is 0 Å². The summed E-state index contributed by atoms with van der Waals surface area (Å²) >= 11 is 0. The molecule has 0 aliphatic heterocycles. The van der Waals surface area contributed by atoms with Gasteiger partial charge in [0.2, 0.25) is 0 Å². The molecule has 4 saturated carbocycles. The van der Waals surface area contributed by atoms with E-state index in [1.54, 1.807) is 25.7 Å². The zero-order valence-corrected chi connectivity index (χ0v) is 27.0. The Balaban J connectivity index is 0. The van der Waals surface area contributed by atoms with Crippen LogP contribution in [-0.4, -0.2) is 8.07 Å². The Labute approximate surface area is 213 Å². The van der Waals surface area contributed by atoms with Crippen LogP contribution in [0.15, 0.2) is 0 Å². The third-order valence-corrected chi connectivity index (χ3v) is 15.9. The fourth-order valence-electron chi connectivity index (χ4n) is 9.47. The van der Waals surface area contributed by atoms with Crippen molar-refractivity contribution >= 4 is 8.07 Å². The topological polar surface area (TPSA) is 0 Å². The molecule has 0 amide bonds. The van der Waals surface area contributed by atoms with E-state index < -0.39 is 8.07 Å². The van der Waals surface area contributed by atoms with Gasteiger partial charge in [-0.25, -0.2) is 0 Å². The van der Waals surface area contributed by atoms with Gasteiger partial charge in [-0.15, -0.1) is 0 Å². The van der Waals surface area contributed by atoms with Crippen molar-refractivity contribution in [1.82, 2.24) is 0 Å². The SMILES string of the molecule is CC1C(C)C([Si](C)(C)C2C(C)C(C)C3CCCCC32)C2CCCCC12.[CH3-].[CH3-].[CH3-].[CH3-].[Hf+4]. The second-order valence-electron chi connectivity index (χ2n) is 11.5. The van der Waals surface area contributed by atoms with Crippen LogP contribution in [0.5, 0.6) is 0 Å². The quantitative estimate of drug-likeness (QED) is 0.219. The number of rotatable bonds is 2. The third kappa shape index (κ3) is 5.10. The van der Waals surface area contributed by atoms with Crippen LogP contribution >= 0.6 is 0 Å². The van der Waals surface area contributed by atoms with E-state index >= 15 is 0 Å². The maximum Gasteiger partial charge on any atom is 4.00 e. The van der Waals surface area contributed by atoms with Gasteiger partial charge in [0.25, 0.3) is 0 Å². The average molecular weight is 599 g/mol. The molecule has 176 valence electrons. The van der Waals surface area contributed by atoms with E-state index in [-0.39, 0.29) is 55.5 Å². The first-order valence-corrected chi connectivity index (χ1v) is 15.0. The van der Waals surface area contributed by atoms with Gasteiger partial charge in [0.15, 0.2) is 0 Å². The normalized spacial score (nSPS) is 44.6. The minimum atomic E-state index is -1.26. The molecule has 0 nitrogen and oxygen atoms in total. The molecule has 0 heterocycles. The first-order chi connectivity index (χ1) is 11.9. The van der Waals surface area contributed by atoms with Crippen molar-refractivity contribution in [3.8, 4) is 0 Å². The Hall–Kier alpha value is 1.09. The smallest absolute Gasteiger partial charge is 0.358 e. The van der Waals surface area contributed by atoms with Crippen molar-refractivity contribution in [1.29, 1.82) is 0 Å². The largest absolute Gasteiger partial charge is 4.00 e. The second-order valence-corrected chi connectivity index (χ2v) is 16.5. The molecule has 10 atom stereocenters. The fraction of sp³-hybridized carbons (Fsp3) is 0.857. The van der Waals surface area contributed by atoms with Gasteiger partial charge in [-0.2, -0.15) is 0 Å². The third-order valence-electron chi connectivity index (χ3n) is 10.5. The van der Waals surface area contributed by atoms with Gasteiger partial charge in [-0.05, 0) is 71.3 Å². The summed E-state index contributed by atoms with van der Waals surface area (Å²) in [4.78, 5) is 0. The van der Waals surface area contributed by atoms with Crippen molar-refractivity contribution in [2.24, 2.45) is 47.3 Å². The van der Waals surface area contributed by atoms with E-state index in [1.807, 2.05) is 0 Å². The summed E-state index contributed by atoms with van der Waals surface area (Å²) in [5, 5.41) is 0. The first-order valence-electron chi connectivity index (χ1n) is 11.9. The standard InChI is InChI=1S/C24H44Si.4CH3.Hf/c1-15-17(3)23(21-13-9-7-11-19(15)21)25(5,6)24-18(4)16(2)20-12-8-10-14-22(20)24;;;;;/h15-24H,7-14H2,1-6H3;4*1H3;/q;4*-1;+4. The van der Waals surface area contributed by atoms with Crippen molar-refractivity contribution in [2.75, 3.05) is 0 Å². The van der Waals surface area contributed by atoms with Crippen LogP contribution in [0.4, 0.5) is 0 Å². The summed E-state index contributed by atoms with van der Waals surface area (Å²) in [6.07, 6.45) is 12.4. The molecule has 0 aromatic heterocycles. The molecule has 0 spiro atoms. The van der Waals surface area contributed by atoms with Crippen LogP contribution in [0, 0.1) is 77.0 Å². The van der Waals surface area contributed by atoms with E-state index in [1.165, 1.54) is 25.7 Å². The Bertz CT molecular complexity index is 447. The zero-order valence-electron chi connectivity index (χ0n) is 22.4. The number of hydrogen-bond acceptors (Lipinski definition) is 0. The molecule has 2 heteroatoms. The van der Waals surface area contributed by atoms with Crippen LogP contribution in [0.3, 0.4) is 0 Å². The molecule has 4 fully saturated rings. The maximum absolute atomic E-state index is 2.86. The van der Waals surface area contributed by atoms with E-state index in [9.17, 15) is 0 Å². The second kappa shape index (κ2) is 12.5. The summed E-state index contributed by atoms with van der Waals surface area (Å²) in [5.74, 6) is 8.36. The van der Waals surface area contributed by atoms with E-state index in [0.717, 1.165) is 58.4 Å². The molecular weight excluding hydrogens is 543 g/mol. The number of hydrogen-bond donors (Lipinski definition) is 0. The molecular formula is C28H56HfSi. The van der Waals surface area contributed by atoms with Crippen LogP contribution in [-0.2, 0) is 25.8 Å². The molecule has 0 N–H and O–H groups in total. The van der Waals surface area contributed by atoms with Crippen LogP contribution in [0.25, 0.3) is 0 Å². The number of fused-ring (bicyclic) bond motifs is 2. The molecule has 4 rings (SSSR count). The summed E-state index contributed by atoms with van der Waals surface area (Å²) < 4.78 is 0. The summed E-state index contributed by atoms with van der Waals surface area (Å²) in [5.41, 5.74) is 2.24. The summed E-state index contributed by atoms with van der Waals surface area (Å²) in [6.45, 7) is 16.3. The molecule has 10 unspecified atom stereocenters. The van der Waals surface area contributed by atoms with Crippen LogP contribution < -0.4 is 0 Å². The first kappa shape index (κ1) is 33.3. The Morgan fingerprint density at radius 1 is 0.467 bits per heavy atom. The van der Waals surface area contributed by atoms with Gasteiger partial charge < -0.3 is 29.7 Å². The minimum absolute atomic E-state index is 0. The van der Waals surface area contributed by atoms with Crippen molar-refractivity contribution < 1.29 is 25.8 Å². The van der Waals surface area contributed by atoms with Crippen molar-refractivity contribution in [2.45, 2.75) is 103 Å². The Morgan fingerprint density at radius 2 is 0.733 bits per heavy atom. The van der Waals surface area contributed by atoms with Gasteiger partial charge >= 0.3 is 25.8 Å². The van der Waals surface area contributed by atoms with Crippen LogP contribution in [0.2, 0.25) is 24.2 Å². The maximum atomic E-state index is 2.86. The molecule has 0 saturated heterocycles. The average Bonchev–Trinajstić information content (AvgIpc) is 3.01. The van der Waals surface area contributed by atoms with Crippen molar-refractivity contribution in [3.05, 3.63) is 29.7 Å². The molecule has 0 bridgehead atoms. The summed E-state index contributed by atoms with van der Waals surface area (Å²) in [6, 6.07) is 0. The van der Waals surface area contributed by atoms with Gasteiger partial charge in [-0.3, -0.25) is 0 Å². The minimum Gasteiger partial charge on any atom is -0.358 e. The zero-order chi connectivity index (χ0) is 17.9. The molecule has 4 aliphatic carbocycles. The predicted molar refractivity (Wildman–Crippen MR) is 138 cm³/mol. The molecule has 0 aromatic rings. The molecule has 0 radical (unpaired) electrons. The van der Waals surface area contributed by atoms with Gasteiger partial charge in [0.05, 0.1) is 8.07 Å². The van der Waals surface area contributed by atoms with Gasteiger partial charge in [-0.1, -0.05) is 79.3 Å².